The van der Waals surface area contributed by atoms with Crippen LogP contribution in [0.15, 0.2) is 52.2 Å². The summed E-state index contributed by atoms with van der Waals surface area (Å²) in [4.78, 5) is 4.41. The van der Waals surface area contributed by atoms with Crippen molar-refractivity contribution < 1.29 is 17.9 Å². The Bertz CT molecular complexity index is 1140. The molecule has 0 aliphatic heterocycles. The maximum atomic E-state index is 14.7. The maximum absolute atomic E-state index is 14.7. The molecule has 2 atom stereocenters. The van der Waals surface area contributed by atoms with E-state index < -0.39 is 17.5 Å². The van der Waals surface area contributed by atoms with Gasteiger partial charge in [-0.1, -0.05) is 24.6 Å². The quantitative estimate of drug-likeness (QED) is 0.290. The SMILES string of the molecule is CCNC1CCC=C(c2cc(F)cc(F)c2)C1COc1cc(F)c(SNc2cscn2)cc1Cl. The summed E-state index contributed by atoms with van der Waals surface area (Å²) in [7, 11) is 0. The molecule has 10 heteroatoms. The number of ether oxygens (including phenoxy) is 1. The van der Waals surface area contributed by atoms with Gasteiger partial charge in [-0.15, -0.1) is 11.3 Å². The van der Waals surface area contributed by atoms with E-state index in [0.717, 1.165) is 43.0 Å². The van der Waals surface area contributed by atoms with E-state index in [1.807, 2.05) is 18.4 Å². The molecule has 0 saturated carbocycles. The van der Waals surface area contributed by atoms with Crippen LogP contribution in [0.3, 0.4) is 0 Å². The average molecular weight is 526 g/mol. The van der Waals surface area contributed by atoms with Crippen molar-refractivity contribution in [2.45, 2.75) is 30.7 Å². The van der Waals surface area contributed by atoms with E-state index in [-0.39, 0.29) is 29.3 Å². The van der Waals surface area contributed by atoms with Gasteiger partial charge in [0.2, 0.25) is 0 Å². The molecule has 4 nitrogen and oxygen atoms in total. The number of aromatic nitrogens is 1. The lowest BCUT2D eigenvalue weighted by Gasteiger charge is -2.33. The second kappa shape index (κ2) is 11.5. The molecule has 2 aromatic carbocycles. The molecule has 4 rings (SSSR count). The number of hydrogen-bond donors (Lipinski definition) is 2. The molecular formula is C24H23ClF3N3OS2. The lowest BCUT2D eigenvalue weighted by molar-refractivity contribution is 0.236. The predicted molar refractivity (Wildman–Crippen MR) is 133 cm³/mol. The van der Waals surface area contributed by atoms with Crippen molar-refractivity contribution in [2.75, 3.05) is 17.9 Å². The highest BCUT2D eigenvalue weighted by Crippen LogP contribution is 2.37. The molecule has 180 valence electrons. The van der Waals surface area contributed by atoms with Gasteiger partial charge >= 0.3 is 0 Å². The van der Waals surface area contributed by atoms with E-state index in [1.54, 1.807) is 5.51 Å². The molecule has 1 aromatic heterocycles. The number of rotatable bonds is 9. The third kappa shape index (κ3) is 6.07. The predicted octanol–water partition coefficient (Wildman–Crippen LogP) is 7.18. The Balaban J connectivity index is 1.52. The van der Waals surface area contributed by atoms with E-state index >= 15 is 0 Å². The van der Waals surface area contributed by atoms with Gasteiger partial charge in [-0.05, 0) is 60.7 Å². The van der Waals surface area contributed by atoms with E-state index in [4.69, 9.17) is 16.3 Å². The van der Waals surface area contributed by atoms with Gasteiger partial charge in [0.1, 0.15) is 29.0 Å². The Morgan fingerprint density at radius 1 is 1.18 bits per heavy atom. The molecule has 2 N–H and O–H groups in total. The fraction of sp³-hybridized carbons (Fsp3) is 0.292. The summed E-state index contributed by atoms with van der Waals surface area (Å²) < 4.78 is 51.5. The number of anilines is 1. The summed E-state index contributed by atoms with van der Waals surface area (Å²) in [6.07, 6.45) is 3.61. The normalized spacial score (nSPS) is 18.0. The van der Waals surface area contributed by atoms with Gasteiger partial charge in [0.15, 0.2) is 0 Å². The number of allylic oxidation sites excluding steroid dienone is 1. The van der Waals surface area contributed by atoms with Gasteiger partial charge in [0.05, 0.1) is 22.0 Å². The Kier molecular flexibility index (Phi) is 8.41. The molecule has 1 aliphatic carbocycles. The van der Waals surface area contributed by atoms with Crippen LogP contribution >= 0.6 is 34.9 Å². The maximum Gasteiger partial charge on any atom is 0.147 e. The Labute approximate surface area is 209 Å². The monoisotopic (exact) mass is 525 g/mol. The van der Waals surface area contributed by atoms with Gasteiger partial charge in [-0.25, -0.2) is 18.2 Å². The first-order valence-corrected chi connectivity index (χ1v) is 12.9. The van der Waals surface area contributed by atoms with Crippen LogP contribution in [0.1, 0.15) is 25.3 Å². The van der Waals surface area contributed by atoms with Crippen LogP contribution in [-0.2, 0) is 0 Å². The van der Waals surface area contributed by atoms with Crippen LogP contribution < -0.4 is 14.8 Å². The van der Waals surface area contributed by atoms with Crippen molar-refractivity contribution in [3.05, 3.63) is 75.3 Å². The minimum atomic E-state index is -0.634. The molecule has 0 amide bonds. The molecule has 0 bridgehead atoms. The van der Waals surface area contributed by atoms with Crippen LogP contribution in [0, 0.1) is 23.4 Å². The van der Waals surface area contributed by atoms with Crippen molar-refractivity contribution >= 4 is 46.3 Å². The Morgan fingerprint density at radius 3 is 2.68 bits per heavy atom. The first-order valence-electron chi connectivity index (χ1n) is 10.8. The number of nitrogens with zero attached hydrogens (tertiary/aromatic N) is 1. The minimum Gasteiger partial charge on any atom is -0.491 e. The van der Waals surface area contributed by atoms with Gasteiger partial charge < -0.3 is 14.8 Å². The highest BCUT2D eigenvalue weighted by Gasteiger charge is 2.30. The van der Waals surface area contributed by atoms with Gasteiger partial charge in [0, 0.05) is 29.5 Å². The zero-order valence-corrected chi connectivity index (χ0v) is 20.7. The zero-order chi connectivity index (χ0) is 24.1. The average Bonchev–Trinajstić information content (AvgIpc) is 3.32. The molecule has 34 heavy (non-hydrogen) atoms. The highest BCUT2D eigenvalue weighted by atomic mass is 35.5. The summed E-state index contributed by atoms with van der Waals surface area (Å²) in [6.45, 7) is 2.91. The van der Waals surface area contributed by atoms with Crippen LogP contribution in [0.25, 0.3) is 5.57 Å². The molecular weight excluding hydrogens is 503 g/mol. The number of thiazole rings is 1. The summed E-state index contributed by atoms with van der Waals surface area (Å²) in [5.41, 5.74) is 2.95. The second-order valence-corrected chi connectivity index (χ2v) is 9.74. The van der Waals surface area contributed by atoms with E-state index in [1.165, 1.54) is 35.6 Å². The van der Waals surface area contributed by atoms with Crippen molar-refractivity contribution in [3.63, 3.8) is 0 Å². The third-order valence-corrected chi connectivity index (χ3v) is 7.22. The van der Waals surface area contributed by atoms with Crippen LogP contribution in [0.5, 0.6) is 5.75 Å². The smallest absolute Gasteiger partial charge is 0.147 e. The van der Waals surface area contributed by atoms with Gasteiger partial charge in [-0.2, -0.15) is 0 Å². The van der Waals surface area contributed by atoms with Gasteiger partial charge in [0.25, 0.3) is 0 Å². The fourth-order valence-corrected chi connectivity index (χ4v) is 5.50. The standard InChI is InChI=1S/C24H23ClF3N3OS2/c1-2-29-21-5-3-4-17(14-6-15(26)8-16(27)7-14)18(21)11-32-22-10-20(28)23(9-19(22)25)34-31-24-12-33-13-30-24/h4,6-10,12-13,18,21,29,31H,2-3,5,11H2,1H3. The molecule has 0 spiro atoms. The number of nitrogens with one attached hydrogen (secondary N) is 2. The van der Waals surface area contributed by atoms with Crippen LogP contribution in [-0.4, -0.2) is 24.2 Å². The molecule has 1 aliphatic rings. The lowest BCUT2D eigenvalue weighted by Crippen LogP contribution is -2.41. The largest absolute Gasteiger partial charge is 0.491 e. The topological polar surface area (TPSA) is 46.2 Å². The first-order chi connectivity index (χ1) is 16.4. The lowest BCUT2D eigenvalue weighted by atomic mass is 9.80. The van der Waals surface area contributed by atoms with Crippen molar-refractivity contribution in [3.8, 4) is 5.75 Å². The Hall–Kier alpha value is -2.20. The summed E-state index contributed by atoms with van der Waals surface area (Å²) >= 11 is 8.90. The van der Waals surface area contributed by atoms with Crippen molar-refractivity contribution in [2.24, 2.45) is 5.92 Å². The van der Waals surface area contributed by atoms with Gasteiger partial charge in [-0.3, -0.25) is 0 Å². The van der Waals surface area contributed by atoms with E-state index in [2.05, 4.69) is 15.0 Å². The van der Waals surface area contributed by atoms with Crippen LogP contribution in [0.2, 0.25) is 5.02 Å². The first kappa shape index (κ1) is 24.9. The minimum absolute atomic E-state index is 0.0390. The molecule has 0 radical (unpaired) electrons. The van der Waals surface area contributed by atoms with Crippen molar-refractivity contribution in [1.82, 2.24) is 10.3 Å². The molecule has 2 unspecified atom stereocenters. The Morgan fingerprint density at radius 2 is 1.97 bits per heavy atom. The molecule has 1 heterocycles. The summed E-state index contributed by atoms with van der Waals surface area (Å²) in [6, 6.07) is 6.29. The van der Waals surface area contributed by atoms with Crippen molar-refractivity contribution in [1.29, 1.82) is 0 Å². The number of hydrogen-bond acceptors (Lipinski definition) is 6. The van der Waals surface area contributed by atoms with E-state index in [0.29, 0.717) is 16.3 Å². The molecule has 0 saturated heterocycles. The fourth-order valence-electron chi connectivity index (χ4n) is 4.00. The summed E-state index contributed by atoms with van der Waals surface area (Å²) in [5.74, 6) is -1.11. The third-order valence-electron chi connectivity index (χ3n) is 5.49. The van der Waals surface area contributed by atoms with E-state index in [9.17, 15) is 13.2 Å². The zero-order valence-electron chi connectivity index (χ0n) is 18.3. The highest BCUT2D eigenvalue weighted by molar-refractivity contribution is 8.00. The number of halogens is 4. The second-order valence-electron chi connectivity index (χ2n) is 7.77. The summed E-state index contributed by atoms with van der Waals surface area (Å²) in [5, 5.41) is 5.51. The van der Waals surface area contributed by atoms with Crippen LogP contribution in [0.4, 0.5) is 19.0 Å². The number of benzene rings is 2. The molecule has 0 fully saturated rings. The molecule has 3 aromatic rings.